The van der Waals surface area contributed by atoms with E-state index in [0.717, 1.165) is 62.4 Å². The maximum Gasteiger partial charge on any atom is 0.159 e. The summed E-state index contributed by atoms with van der Waals surface area (Å²) in [5, 5.41) is 11.9. The molecular formula is C33H34FN7. The average Bonchev–Trinajstić information content (AvgIpc) is 3.48. The lowest BCUT2D eigenvalue weighted by atomic mass is 9.91. The van der Waals surface area contributed by atoms with Crippen LogP contribution in [0.25, 0.3) is 39.3 Å². The maximum atomic E-state index is 14.3. The van der Waals surface area contributed by atoms with Crippen molar-refractivity contribution in [3.8, 4) is 22.8 Å². The van der Waals surface area contributed by atoms with Gasteiger partial charge in [0.1, 0.15) is 11.5 Å². The molecule has 0 fully saturated rings. The first-order valence-electron chi connectivity index (χ1n) is 13.4. The van der Waals surface area contributed by atoms with Gasteiger partial charge in [-0.25, -0.2) is 9.37 Å². The third-order valence-corrected chi connectivity index (χ3v) is 6.55. The first kappa shape index (κ1) is 27.7. The minimum absolute atomic E-state index is 0.127. The zero-order valence-corrected chi connectivity index (χ0v) is 24.1. The third kappa shape index (κ3) is 6.17. The molecule has 1 aromatic carbocycles. The Bertz CT molecular complexity index is 1780. The zero-order valence-electron chi connectivity index (χ0n) is 24.1. The van der Waals surface area contributed by atoms with E-state index in [1.807, 2.05) is 38.1 Å². The molecule has 208 valence electrons. The standard InChI is InChI=1S/C33H34FN7/c1-8-9-26(22-10-19(2)11-24(34)12-22)30-21(4)38-32(39-30)31-27-14-28(36-18-29(27)40-41-31)23-13-25(17-35-16-23)37-20(3)15-33(5,6)7/h8-14,16-18,37H,1,3,15H2,2,4-7H3,(H,38,39)(H,40,41)/b26-9-. The van der Waals surface area contributed by atoms with Crippen LogP contribution in [0.5, 0.6) is 0 Å². The van der Waals surface area contributed by atoms with E-state index in [-0.39, 0.29) is 11.2 Å². The molecule has 0 bridgehead atoms. The van der Waals surface area contributed by atoms with Gasteiger partial charge in [0, 0.05) is 34.1 Å². The van der Waals surface area contributed by atoms with Crippen LogP contribution in [-0.2, 0) is 0 Å². The van der Waals surface area contributed by atoms with Crippen LogP contribution in [-0.4, -0.2) is 30.1 Å². The quantitative estimate of drug-likeness (QED) is 0.170. The molecule has 5 rings (SSSR count). The van der Waals surface area contributed by atoms with Crippen molar-refractivity contribution in [1.29, 1.82) is 0 Å². The SMILES string of the molecule is C=C/C=C(/c1cc(C)cc(F)c1)c1nc(-c2n[nH]c3cnc(-c4cncc(NC(=C)CC(C)(C)C)c4)cc23)[nH]c1C. The number of halogens is 1. The molecule has 5 aromatic rings. The van der Waals surface area contributed by atoms with Gasteiger partial charge in [0.2, 0.25) is 0 Å². The van der Waals surface area contributed by atoms with Crippen LogP contribution in [0.4, 0.5) is 10.1 Å². The van der Waals surface area contributed by atoms with E-state index in [4.69, 9.17) is 4.98 Å². The molecule has 0 atom stereocenters. The highest BCUT2D eigenvalue weighted by molar-refractivity contribution is 5.93. The lowest BCUT2D eigenvalue weighted by Crippen LogP contribution is -2.10. The normalized spacial score (nSPS) is 12.1. The van der Waals surface area contributed by atoms with E-state index in [1.165, 1.54) is 12.1 Å². The number of pyridine rings is 2. The predicted octanol–water partition coefficient (Wildman–Crippen LogP) is 8.15. The molecular weight excluding hydrogens is 513 g/mol. The Morgan fingerprint density at radius 3 is 2.61 bits per heavy atom. The van der Waals surface area contributed by atoms with Gasteiger partial charge < -0.3 is 10.3 Å². The van der Waals surface area contributed by atoms with Crippen LogP contribution in [0.2, 0.25) is 0 Å². The van der Waals surface area contributed by atoms with Gasteiger partial charge in [0.15, 0.2) is 5.82 Å². The molecule has 3 N–H and O–H groups in total. The van der Waals surface area contributed by atoms with Gasteiger partial charge in [0.25, 0.3) is 0 Å². The molecule has 0 saturated heterocycles. The molecule has 0 unspecified atom stereocenters. The van der Waals surface area contributed by atoms with Crippen molar-refractivity contribution >= 4 is 22.2 Å². The Hall–Kier alpha value is -4.85. The topological polar surface area (TPSA) is 95.2 Å². The summed E-state index contributed by atoms with van der Waals surface area (Å²) >= 11 is 0. The number of nitrogens with one attached hydrogen (secondary N) is 3. The summed E-state index contributed by atoms with van der Waals surface area (Å²) in [7, 11) is 0. The van der Waals surface area contributed by atoms with Crippen LogP contribution in [0.1, 0.15) is 49.7 Å². The van der Waals surface area contributed by atoms with E-state index in [1.54, 1.807) is 24.7 Å². The van der Waals surface area contributed by atoms with E-state index < -0.39 is 0 Å². The summed E-state index contributed by atoms with van der Waals surface area (Å²) in [6.45, 7) is 18.4. The molecule has 0 spiro atoms. The fourth-order valence-electron chi connectivity index (χ4n) is 4.95. The number of fused-ring (bicyclic) bond motifs is 1. The number of hydrogen-bond donors (Lipinski definition) is 3. The Kier molecular flexibility index (Phi) is 7.41. The molecule has 41 heavy (non-hydrogen) atoms. The largest absolute Gasteiger partial charge is 0.358 e. The van der Waals surface area contributed by atoms with E-state index in [9.17, 15) is 4.39 Å². The number of aryl methyl sites for hydroxylation is 2. The maximum absolute atomic E-state index is 14.3. The van der Waals surface area contributed by atoms with E-state index in [2.05, 4.69) is 64.4 Å². The van der Waals surface area contributed by atoms with Crippen LogP contribution in [0.15, 0.2) is 79.9 Å². The predicted molar refractivity (Wildman–Crippen MR) is 165 cm³/mol. The van der Waals surface area contributed by atoms with Crippen LogP contribution in [0, 0.1) is 25.1 Å². The van der Waals surface area contributed by atoms with Gasteiger partial charge in [-0.1, -0.05) is 52.1 Å². The number of aromatic nitrogens is 6. The number of aromatic amines is 2. The highest BCUT2D eigenvalue weighted by atomic mass is 19.1. The van der Waals surface area contributed by atoms with Crippen LogP contribution in [0.3, 0.4) is 0 Å². The molecule has 4 heterocycles. The van der Waals surface area contributed by atoms with E-state index in [0.29, 0.717) is 17.2 Å². The Labute approximate surface area is 239 Å². The summed E-state index contributed by atoms with van der Waals surface area (Å²) in [5.74, 6) is 0.296. The summed E-state index contributed by atoms with van der Waals surface area (Å²) in [6, 6.07) is 8.93. The molecule has 0 amide bonds. The van der Waals surface area contributed by atoms with Crippen molar-refractivity contribution in [1.82, 2.24) is 30.1 Å². The number of rotatable bonds is 8. The molecule has 0 aliphatic rings. The molecule has 4 aromatic heterocycles. The minimum atomic E-state index is -0.297. The van der Waals surface area contributed by atoms with Crippen molar-refractivity contribution in [2.24, 2.45) is 5.41 Å². The number of H-pyrrole nitrogens is 2. The fourth-order valence-corrected chi connectivity index (χ4v) is 4.95. The van der Waals surface area contributed by atoms with Crippen LogP contribution >= 0.6 is 0 Å². The monoisotopic (exact) mass is 547 g/mol. The van der Waals surface area contributed by atoms with Gasteiger partial charge >= 0.3 is 0 Å². The van der Waals surface area contributed by atoms with Gasteiger partial charge in [-0.2, -0.15) is 5.10 Å². The fraction of sp³-hybridized carbons (Fsp3) is 0.212. The lowest BCUT2D eigenvalue weighted by molar-refractivity contribution is 0.411. The third-order valence-electron chi connectivity index (χ3n) is 6.55. The van der Waals surface area contributed by atoms with Gasteiger partial charge in [-0.3, -0.25) is 15.1 Å². The molecule has 0 radical (unpaired) electrons. The number of allylic oxidation sites excluding steroid dienone is 3. The molecule has 7 nitrogen and oxygen atoms in total. The number of nitrogens with zero attached hydrogens (tertiary/aromatic N) is 4. The highest BCUT2D eigenvalue weighted by Gasteiger charge is 2.19. The second kappa shape index (κ2) is 11.0. The number of hydrogen-bond acceptors (Lipinski definition) is 5. The van der Waals surface area contributed by atoms with Crippen molar-refractivity contribution in [2.75, 3.05) is 5.32 Å². The van der Waals surface area contributed by atoms with Crippen molar-refractivity contribution in [3.63, 3.8) is 0 Å². The van der Waals surface area contributed by atoms with Crippen LogP contribution < -0.4 is 5.32 Å². The Morgan fingerprint density at radius 2 is 1.88 bits per heavy atom. The van der Waals surface area contributed by atoms with Gasteiger partial charge in [-0.05, 0) is 61.1 Å². The minimum Gasteiger partial charge on any atom is -0.358 e. The molecule has 8 heteroatoms. The first-order chi connectivity index (χ1) is 19.5. The highest BCUT2D eigenvalue weighted by Crippen LogP contribution is 2.32. The molecule has 0 aliphatic carbocycles. The Morgan fingerprint density at radius 1 is 1.07 bits per heavy atom. The number of benzene rings is 1. The lowest BCUT2D eigenvalue weighted by Gasteiger charge is -2.20. The number of anilines is 1. The average molecular weight is 548 g/mol. The molecule has 0 aliphatic heterocycles. The smallest absolute Gasteiger partial charge is 0.159 e. The van der Waals surface area contributed by atoms with Crippen molar-refractivity contribution < 1.29 is 4.39 Å². The summed E-state index contributed by atoms with van der Waals surface area (Å²) in [5.41, 5.74) is 8.83. The first-order valence-corrected chi connectivity index (χ1v) is 13.4. The summed E-state index contributed by atoms with van der Waals surface area (Å²) in [6.07, 6.45) is 9.69. The summed E-state index contributed by atoms with van der Waals surface area (Å²) < 4.78 is 14.3. The zero-order chi connectivity index (χ0) is 29.3. The van der Waals surface area contributed by atoms with Gasteiger partial charge in [-0.15, -0.1) is 0 Å². The second-order valence-corrected chi connectivity index (χ2v) is 11.5. The second-order valence-electron chi connectivity index (χ2n) is 11.5. The summed E-state index contributed by atoms with van der Waals surface area (Å²) in [4.78, 5) is 17.3. The molecule has 0 saturated carbocycles. The van der Waals surface area contributed by atoms with Gasteiger partial charge in [0.05, 0.1) is 35.0 Å². The van der Waals surface area contributed by atoms with Crippen molar-refractivity contribution in [3.05, 3.63) is 108 Å². The van der Waals surface area contributed by atoms with Crippen molar-refractivity contribution in [2.45, 2.75) is 41.0 Å². The number of imidazole rings is 1. The Balaban J connectivity index is 1.50. The van der Waals surface area contributed by atoms with E-state index >= 15 is 0 Å².